The van der Waals surface area contributed by atoms with Gasteiger partial charge >= 0.3 is 0 Å². The fraction of sp³-hybridized carbons (Fsp3) is 0.273. The number of likely N-dealkylation sites (N-methyl/N-ethyl adjacent to an activating group) is 1. The molecule has 160 valence electrons. The van der Waals surface area contributed by atoms with Crippen LogP contribution in [0.25, 0.3) is 5.57 Å². The Hall–Kier alpha value is -3.23. The zero-order valence-corrected chi connectivity index (χ0v) is 17.9. The highest BCUT2D eigenvalue weighted by Gasteiger charge is 2.43. The molecule has 0 saturated carbocycles. The maximum absolute atomic E-state index is 13.5. The monoisotopic (exact) mass is 440 g/mol. The van der Waals surface area contributed by atoms with E-state index in [0.29, 0.717) is 35.1 Å². The number of nitro groups is 1. The first-order valence-corrected chi connectivity index (χ1v) is 10.2. The molecular formula is C22H21ClN4O4. The molecule has 0 N–H and O–H groups in total. The van der Waals surface area contributed by atoms with Gasteiger partial charge in [0.2, 0.25) is 0 Å². The van der Waals surface area contributed by atoms with Gasteiger partial charge in [-0.25, -0.2) is 4.90 Å². The van der Waals surface area contributed by atoms with Crippen LogP contribution < -0.4 is 4.90 Å². The van der Waals surface area contributed by atoms with E-state index in [0.717, 1.165) is 23.6 Å². The molecule has 2 aliphatic rings. The van der Waals surface area contributed by atoms with Gasteiger partial charge in [0.15, 0.2) is 0 Å². The van der Waals surface area contributed by atoms with E-state index in [4.69, 9.17) is 11.6 Å². The maximum Gasteiger partial charge on any atom is 0.282 e. The van der Waals surface area contributed by atoms with Crippen molar-refractivity contribution in [2.75, 3.05) is 38.1 Å². The summed E-state index contributed by atoms with van der Waals surface area (Å²) in [6.07, 6.45) is 0. The van der Waals surface area contributed by atoms with E-state index >= 15 is 0 Å². The molecule has 9 heteroatoms. The van der Waals surface area contributed by atoms with Gasteiger partial charge in [-0.1, -0.05) is 17.7 Å². The molecule has 0 atom stereocenters. The Morgan fingerprint density at radius 2 is 1.61 bits per heavy atom. The zero-order chi connectivity index (χ0) is 22.3. The number of hydrogen-bond donors (Lipinski definition) is 0. The summed E-state index contributed by atoms with van der Waals surface area (Å²) in [7, 11) is 2.01. The van der Waals surface area contributed by atoms with Crippen LogP contribution in [0.3, 0.4) is 0 Å². The van der Waals surface area contributed by atoms with Gasteiger partial charge in [0.05, 0.1) is 16.2 Å². The number of nitrogens with zero attached hydrogens (tertiary/aromatic N) is 4. The number of halogens is 1. The highest BCUT2D eigenvalue weighted by Crippen LogP contribution is 2.36. The zero-order valence-electron chi connectivity index (χ0n) is 17.2. The molecule has 1 fully saturated rings. The summed E-state index contributed by atoms with van der Waals surface area (Å²) in [4.78, 5) is 42.7. The van der Waals surface area contributed by atoms with Gasteiger partial charge in [0.1, 0.15) is 5.70 Å². The summed E-state index contributed by atoms with van der Waals surface area (Å²) >= 11 is 6.25. The Balaban J connectivity index is 1.80. The summed E-state index contributed by atoms with van der Waals surface area (Å²) in [6, 6.07) is 10.8. The Labute approximate surface area is 184 Å². The minimum Gasteiger partial charge on any atom is -0.364 e. The van der Waals surface area contributed by atoms with Crippen molar-refractivity contribution in [1.29, 1.82) is 0 Å². The van der Waals surface area contributed by atoms with Gasteiger partial charge in [-0.15, -0.1) is 0 Å². The molecule has 0 spiro atoms. The van der Waals surface area contributed by atoms with Crippen molar-refractivity contribution in [1.82, 2.24) is 9.80 Å². The van der Waals surface area contributed by atoms with Crippen molar-refractivity contribution in [2.45, 2.75) is 6.92 Å². The minimum atomic E-state index is -0.498. The van der Waals surface area contributed by atoms with E-state index in [1.807, 2.05) is 18.9 Å². The molecule has 0 aliphatic carbocycles. The average Bonchev–Trinajstić information content (AvgIpc) is 3.01. The number of rotatable bonds is 4. The molecule has 31 heavy (non-hydrogen) atoms. The fourth-order valence-electron chi connectivity index (χ4n) is 3.81. The van der Waals surface area contributed by atoms with Gasteiger partial charge in [-0.05, 0) is 49.4 Å². The number of hydrogen-bond acceptors (Lipinski definition) is 6. The van der Waals surface area contributed by atoms with Crippen molar-refractivity contribution in [2.24, 2.45) is 0 Å². The van der Waals surface area contributed by atoms with Gasteiger partial charge < -0.3 is 9.80 Å². The fourth-order valence-corrected chi connectivity index (χ4v) is 3.98. The molecule has 2 amide bonds. The molecule has 0 radical (unpaired) electrons. The first-order valence-electron chi connectivity index (χ1n) is 9.85. The van der Waals surface area contributed by atoms with E-state index in [1.54, 1.807) is 18.2 Å². The summed E-state index contributed by atoms with van der Waals surface area (Å²) in [5, 5.41) is 11.5. The van der Waals surface area contributed by atoms with Gasteiger partial charge in [0, 0.05) is 43.3 Å². The largest absolute Gasteiger partial charge is 0.364 e. The third-order valence-electron chi connectivity index (χ3n) is 5.66. The predicted octanol–water partition coefficient (Wildman–Crippen LogP) is 3.09. The number of carbonyl (C=O) groups excluding carboxylic acids is 2. The van der Waals surface area contributed by atoms with Crippen LogP contribution in [0.1, 0.15) is 11.1 Å². The number of non-ortho nitro benzene ring substituents is 1. The number of aryl methyl sites for hydroxylation is 1. The molecular weight excluding hydrogens is 420 g/mol. The molecule has 0 aromatic heterocycles. The van der Waals surface area contributed by atoms with Crippen molar-refractivity contribution in [3.05, 3.63) is 74.4 Å². The van der Waals surface area contributed by atoms with E-state index in [-0.39, 0.29) is 11.3 Å². The lowest BCUT2D eigenvalue weighted by molar-refractivity contribution is -0.384. The van der Waals surface area contributed by atoms with Gasteiger partial charge in [0.25, 0.3) is 17.5 Å². The van der Waals surface area contributed by atoms with Gasteiger partial charge in [-0.2, -0.15) is 0 Å². The van der Waals surface area contributed by atoms with Crippen LogP contribution in [-0.4, -0.2) is 59.8 Å². The van der Waals surface area contributed by atoms with Crippen LogP contribution in [0.2, 0.25) is 5.02 Å². The number of imide groups is 1. The topological polar surface area (TPSA) is 87.0 Å². The van der Waals surface area contributed by atoms with Crippen LogP contribution in [0, 0.1) is 17.0 Å². The normalized spacial score (nSPS) is 17.6. The first kappa shape index (κ1) is 21.0. The predicted molar refractivity (Wildman–Crippen MR) is 118 cm³/mol. The number of amides is 2. The Bertz CT molecular complexity index is 1100. The number of nitro benzene ring substituents is 1. The number of anilines is 1. The molecule has 1 saturated heterocycles. The Morgan fingerprint density at radius 1 is 0.968 bits per heavy atom. The second-order valence-electron chi connectivity index (χ2n) is 7.70. The van der Waals surface area contributed by atoms with Crippen LogP contribution >= 0.6 is 11.6 Å². The van der Waals surface area contributed by atoms with E-state index in [2.05, 4.69) is 4.90 Å². The summed E-state index contributed by atoms with van der Waals surface area (Å²) in [6.45, 7) is 4.56. The van der Waals surface area contributed by atoms with E-state index in [9.17, 15) is 19.7 Å². The quantitative estimate of drug-likeness (QED) is 0.412. The average molecular weight is 441 g/mol. The van der Waals surface area contributed by atoms with Crippen LogP contribution in [0.4, 0.5) is 11.4 Å². The lowest BCUT2D eigenvalue weighted by Crippen LogP contribution is -2.46. The maximum atomic E-state index is 13.5. The van der Waals surface area contributed by atoms with Crippen molar-refractivity contribution in [3.8, 4) is 0 Å². The highest BCUT2D eigenvalue weighted by atomic mass is 35.5. The lowest BCUT2D eigenvalue weighted by Gasteiger charge is -2.34. The third kappa shape index (κ3) is 3.80. The molecule has 0 unspecified atom stereocenters. The number of carbonyl (C=O) groups is 2. The van der Waals surface area contributed by atoms with Gasteiger partial charge in [-0.3, -0.25) is 19.7 Å². The summed E-state index contributed by atoms with van der Waals surface area (Å²) in [5.41, 5.74) is 2.20. The van der Waals surface area contributed by atoms with Crippen molar-refractivity contribution >= 4 is 40.4 Å². The van der Waals surface area contributed by atoms with E-state index < -0.39 is 16.7 Å². The second kappa shape index (κ2) is 8.13. The number of benzene rings is 2. The van der Waals surface area contributed by atoms with Crippen LogP contribution in [0.15, 0.2) is 48.2 Å². The van der Waals surface area contributed by atoms with Crippen LogP contribution in [0.5, 0.6) is 0 Å². The number of piperazine rings is 1. The van der Waals surface area contributed by atoms with Crippen molar-refractivity contribution in [3.63, 3.8) is 0 Å². The third-order valence-corrected chi connectivity index (χ3v) is 6.07. The summed E-state index contributed by atoms with van der Waals surface area (Å²) in [5.74, 6) is -0.879. The molecule has 0 bridgehead atoms. The van der Waals surface area contributed by atoms with Crippen LogP contribution in [-0.2, 0) is 9.59 Å². The highest BCUT2D eigenvalue weighted by molar-refractivity contribution is 6.45. The first-order chi connectivity index (χ1) is 14.8. The molecule has 2 aliphatic heterocycles. The minimum absolute atomic E-state index is 0.0792. The standard InChI is InChI=1S/C22H21ClN4O4/c1-14-3-6-17(13-18(14)23)26-21(28)19(15-4-7-16(8-5-15)27(30)31)20(22(26)29)25-11-9-24(2)10-12-25/h3-8,13H,9-12H2,1-2H3. The molecule has 4 rings (SSSR count). The molecule has 8 nitrogen and oxygen atoms in total. The second-order valence-corrected chi connectivity index (χ2v) is 8.10. The SMILES string of the molecule is Cc1ccc(N2C(=O)C(c3ccc([N+](=O)[O-])cc3)=C(N3CCN(C)CC3)C2=O)cc1Cl. The molecule has 2 aromatic rings. The van der Waals surface area contributed by atoms with Crippen molar-refractivity contribution < 1.29 is 14.5 Å². The molecule has 2 heterocycles. The Kier molecular flexibility index (Phi) is 5.51. The smallest absolute Gasteiger partial charge is 0.282 e. The van der Waals surface area contributed by atoms with E-state index in [1.165, 1.54) is 24.3 Å². The molecule has 2 aromatic carbocycles. The summed E-state index contributed by atoms with van der Waals surface area (Å²) < 4.78 is 0. The Morgan fingerprint density at radius 3 is 2.19 bits per heavy atom. The lowest BCUT2D eigenvalue weighted by atomic mass is 10.0.